The van der Waals surface area contributed by atoms with Crippen molar-refractivity contribution in [2.45, 2.75) is 39.3 Å². The lowest BCUT2D eigenvalue weighted by molar-refractivity contribution is 0.0509. The first-order valence-corrected chi connectivity index (χ1v) is 6.82. The van der Waals surface area contributed by atoms with Crippen LogP contribution in [0.4, 0.5) is 0 Å². The summed E-state index contributed by atoms with van der Waals surface area (Å²) in [5.41, 5.74) is 1.97. The van der Waals surface area contributed by atoms with E-state index in [0.29, 0.717) is 11.9 Å². The number of rotatable bonds is 3. The number of para-hydroxylation sites is 1. The van der Waals surface area contributed by atoms with Gasteiger partial charge in [0.15, 0.2) is 0 Å². The van der Waals surface area contributed by atoms with E-state index in [0.717, 1.165) is 50.2 Å². The molecule has 1 aromatic rings. The summed E-state index contributed by atoms with van der Waals surface area (Å²) in [6, 6.07) is 5.96. The minimum Gasteiger partial charge on any atom is -0.507 e. The first kappa shape index (κ1) is 13.4. The van der Waals surface area contributed by atoms with Crippen LogP contribution >= 0.6 is 0 Å². The zero-order valence-electron chi connectivity index (χ0n) is 11.4. The molecule has 1 fully saturated rings. The number of nitrogens with zero attached hydrogens (tertiary/aromatic N) is 1. The topological polar surface area (TPSA) is 32.7 Å². The van der Waals surface area contributed by atoms with E-state index in [1.165, 1.54) is 0 Å². The van der Waals surface area contributed by atoms with Crippen LogP contribution in [0.1, 0.15) is 30.9 Å². The number of phenolic OH excluding ortho intramolecular Hbond substituents is 1. The third-order valence-electron chi connectivity index (χ3n) is 3.60. The van der Waals surface area contributed by atoms with E-state index in [2.05, 4.69) is 11.8 Å². The maximum atomic E-state index is 10.1. The zero-order chi connectivity index (χ0) is 13.0. The van der Waals surface area contributed by atoms with E-state index in [4.69, 9.17) is 4.74 Å². The molecule has 1 aromatic carbocycles. The second-order valence-corrected chi connectivity index (χ2v) is 5.07. The molecular weight excluding hydrogens is 226 g/mol. The average molecular weight is 249 g/mol. The summed E-state index contributed by atoms with van der Waals surface area (Å²) in [6.07, 6.45) is 2.46. The molecule has 1 unspecified atom stereocenters. The Morgan fingerprint density at radius 1 is 1.44 bits per heavy atom. The number of phenols is 1. The molecule has 1 aliphatic heterocycles. The fourth-order valence-corrected chi connectivity index (χ4v) is 2.45. The van der Waals surface area contributed by atoms with Crippen molar-refractivity contribution >= 4 is 0 Å². The highest BCUT2D eigenvalue weighted by Gasteiger charge is 2.18. The minimum atomic E-state index is 0.333. The number of ether oxygens (including phenoxy) is 1. The lowest BCUT2D eigenvalue weighted by Crippen LogP contribution is -2.31. The zero-order valence-corrected chi connectivity index (χ0v) is 11.4. The van der Waals surface area contributed by atoms with Crippen LogP contribution in [0.2, 0.25) is 0 Å². The summed E-state index contributed by atoms with van der Waals surface area (Å²) in [7, 11) is 0. The highest BCUT2D eigenvalue weighted by Crippen LogP contribution is 2.23. The van der Waals surface area contributed by atoms with Crippen molar-refractivity contribution in [3.8, 4) is 5.75 Å². The molecule has 0 aromatic heterocycles. The molecule has 1 saturated heterocycles. The largest absolute Gasteiger partial charge is 0.507 e. The van der Waals surface area contributed by atoms with Crippen LogP contribution in [0, 0.1) is 6.92 Å². The second kappa shape index (κ2) is 6.21. The smallest absolute Gasteiger partial charge is 0.122 e. The van der Waals surface area contributed by atoms with Crippen LogP contribution in [0.15, 0.2) is 18.2 Å². The summed E-state index contributed by atoms with van der Waals surface area (Å²) in [5.74, 6) is 0.440. The van der Waals surface area contributed by atoms with Gasteiger partial charge in [-0.1, -0.05) is 25.1 Å². The molecule has 1 heterocycles. The maximum Gasteiger partial charge on any atom is 0.122 e. The van der Waals surface area contributed by atoms with Crippen molar-refractivity contribution in [2.24, 2.45) is 0 Å². The highest BCUT2D eigenvalue weighted by atomic mass is 16.5. The Kier molecular flexibility index (Phi) is 4.61. The van der Waals surface area contributed by atoms with Gasteiger partial charge in [0.2, 0.25) is 0 Å². The summed E-state index contributed by atoms with van der Waals surface area (Å²) in [4.78, 5) is 2.38. The van der Waals surface area contributed by atoms with Crippen LogP contribution in [0.3, 0.4) is 0 Å². The number of benzene rings is 1. The number of hydrogen-bond acceptors (Lipinski definition) is 3. The van der Waals surface area contributed by atoms with Gasteiger partial charge in [0.25, 0.3) is 0 Å². The fraction of sp³-hybridized carbons (Fsp3) is 0.600. The first-order valence-electron chi connectivity index (χ1n) is 6.82. The van der Waals surface area contributed by atoms with Crippen LogP contribution in [-0.2, 0) is 11.3 Å². The molecule has 0 amide bonds. The summed E-state index contributed by atoms with van der Waals surface area (Å²) >= 11 is 0. The molecule has 1 aliphatic rings. The number of hydrogen-bond donors (Lipinski definition) is 1. The number of aryl methyl sites for hydroxylation is 1. The third-order valence-corrected chi connectivity index (χ3v) is 3.60. The van der Waals surface area contributed by atoms with E-state index >= 15 is 0 Å². The van der Waals surface area contributed by atoms with Crippen molar-refractivity contribution in [3.63, 3.8) is 0 Å². The van der Waals surface area contributed by atoms with Crippen LogP contribution in [0.5, 0.6) is 5.75 Å². The Morgan fingerprint density at radius 2 is 2.28 bits per heavy atom. The van der Waals surface area contributed by atoms with Gasteiger partial charge < -0.3 is 9.84 Å². The molecule has 0 bridgehead atoms. The van der Waals surface area contributed by atoms with Gasteiger partial charge in [0.1, 0.15) is 5.75 Å². The van der Waals surface area contributed by atoms with Crippen LogP contribution in [0.25, 0.3) is 0 Å². The Bertz CT molecular complexity index is 392. The molecule has 3 heteroatoms. The molecule has 0 saturated carbocycles. The van der Waals surface area contributed by atoms with E-state index < -0.39 is 0 Å². The predicted octanol–water partition coefficient (Wildman–Crippen LogP) is 2.70. The van der Waals surface area contributed by atoms with E-state index in [1.54, 1.807) is 0 Å². The van der Waals surface area contributed by atoms with Crippen molar-refractivity contribution in [1.82, 2.24) is 4.90 Å². The second-order valence-electron chi connectivity index (χ2n) is 5.07. The quantitative estimate of drug-likeness (QED) is 0.894. The standard InChI is InChI=1S/C15H23NO2/c1-3-14-11-16(8-5-9-18-14)10-13-7-4-6-12(2)15(13)17/h4,6-7,14,17H,3,5,8-11H2,1-2H3. The molecule has 3 nitrogen and oxygen atoms in total. The third kappa shape index (κ3) is 3.24. The predicted molar refractivity (Wildman–Crippen MR) is 72.8 cm³/mol. The minimum absolute atomic E-state index is 0.333. The van der Waals surface area contributed by atoms with Gasteiger partial charge >= 0.3 is 0 Å². The van der Waals surface area contributed by atoms with Gasteiger partial charge in [0, 0.05) is 31.8 Å². The van der Waals surface area contributed by atoms with Gasteiger partial charge in [-0.3, -0.25) is 4.90 Å². The molecule has 18 heavy (non-hydrogen) atoms. The lowest BCUT2D eigenvalue weighted by atomic mass is 10.1. The van der Waals surface area contributed by atoms with Crippen LogP contribution < -0.4 is 0 Å². The van der Waals surface area contributed by atoms with Gasteiger partial charge in [-0.15, -0.1) is 0 Å². The first-order chi connectivity index (χ1) is 8.70. The molecule has 100 valence electrons. The Balaban J connectivity index is 2.05. The molecule has 1 atom stereocenters. The summed E-state index contributed by atoms with van der Waals surface area (Å²) < 4.78 is 5.77. The fourth-order valence-electron chi connectivity index (χ4n) is 2.45. The monoisotopic (exact) mass is 249 g/mol. The Morgan fingerprint density at radius 3 is 3.06 bits per heavy atom. The molecule has 0 spiro atoms. The van der Waals surface area contributed by atoms with E-state index in [9.17, 15) is 5.11 Å². The van der Waals surface area contributed by atoms with Crippen LogP contribution in [-0.4, -0.2) is 35.8 Å². The van der Waals surface area contributed by atoms with Crippen molar-refractivity contribution in [1.29, 1.82) is 0 Å². The van der Waals surface area contributed by atoms with Gasteiger partial charge in [0.05, 0.1) is 6.10 Å². The van der Waals surface area contributed by atoms with Gasteiger partial charge in [-0.05, 0) is 25.3 Å². The van der Waals surface area contributed by atoms with Crippen molar-refractivity contribution < 1.29 is 9.84 Å². The maximum absolute atomic E-state index is 10.1. The molecule has 2 rings (SSSR count). The van der Waals surface area contributed by atoms with E-state index in [-0.39, 0.29) is 0 Å². The number of aromatic hydroxyl groups is 1. The lowest BCUT2D eigenvalue weighted by Gasteiger charge is -2.23. The highest BCUT2D eigenvalue weighted by molar-refractivity contribution is 5.39. The average Bonchev–Trinajstić information content (AvgIpc) is 2.60. The van der Waals surface area contributed by atoms with E-state index in [1.807, 2.05) is 25.1 Å². The Labute approximate surface area is 109 Å². The molecular formula is C15H23NO2. The molecule has 0 aliphatic carbocycles. The SMILES string of the molecule is CCC1CN(Cc2cccc(C)c2O)CCCO1. The van der Waals surface area contributed by atoms with Gasteiger partial charge in [-0.25, -0.2) is 0 Å². The molecule has 0 radical (unpaired) electrons. The van der Waals surface area contributed by atoms with Crippen molar-refractivity contribution in [2.75, 3.05) is 19.7 Å². The summed E-state index contributed by atoms with van der Waals surface area (Å²) in [6.45, 7) is 7.79. The normalized spacial score (nSPS) is 21.8. The van der Waals surface area contributed by atoms with Gasteiger partial charge in [-0.2, -0.15) is 0 Å². The molecule has 1 N–H and O–H groups in total. The summed E-state index contributed by atoms with van der Waals surface area (Å²) in [5, 5.41) is 10.1. The Hall–Kier alpha value is -1.06. The van der Waals surface area contributed by atoms with Crippen molar-refractivity contribution in [3.05, 3.63) is 29.3 Å².